The van der Waals surface area contributed by atoms with Crippen molar-refractivity contribution in [3.05, 3.63) is 39.9 Å². The summed E-state index contributed by atoms with van der Waals surface area (Å²) in [4.78, 5) is 21.5. The molecule has 0 aliphatic rings. The van der Waals surface area contributed by atoms with E-state index in [9.17, 15) is 14.9 Å². The van der Waals surface area contributed by atoms with Crippen LogP contribution in [0, 0.1) is 10.1 Å². The minimum atomic E-state index is -0.502. The molecule has 0 heterocycles. The van der Waals surface area contributed by atoms with Gasteiger partial charge in [0.2, 0.25) is 5.91 Å². The molecule has 2 N–H and O–H groups in total. The maximum absolute atomic E-state index is 11.5. The van der Waals surface area contributed by atoms with Crippen LogP contribution in [0.1, 0.15) is 12.5 Å². The monoisotopic (exact) mass is 238 g/mol. The number of nitrogens with one attached hydrogen (secondary N) is 1. The van der Waals surface area contributed by atoms with Crippen LogP contribution in [0.2, 0.25) is 0 Å². The molecule has 6 heteroatoms. The van der Waals surface area contributed by atoms with Gasteiger partial charge in [0.1, 0.15) is 0 Å². The third-order valence-electron chi connectivity index (χ3n) is 2.17. The Labute approximate surface area is 98.4 Å². The van der Waals surface area contributed by atoms with E-state index in [2.05, 4.69) is 5.32 Å². The number of nitrogens with zero attached hydrogens (tertiary/aromatic N) is 1. The highest BCUT2D eigenvalue weighted by atomic mass is 16.6. The maximum atomic E-state index is 11.5. The van der Waals surface area contributed by atoms with Gasteiger partial charge in [-0.15, -0.1) is 0 Å². The fourth-order valence-corrected chi connectivity index (χ4v) is 1.34. The second-order valence-corrected chi connectivity index (χ2v) is 3.75. The van der Waals surface area contributed by atoms with Gasteiger partial charge >= 0.3 is 0 Å². The minimum absolute atomic E-state index is 0.0366. The summed E-state index contributed by atoms with van der Waals surface area (Å²) in [5, 5.41) is 21.9. The minimum Gasteiger partial charge on any atom is -0.394 e. The van der Waals surface area contributed by atoms with Crippen LogP contribution in [0.15, 0.2) is 24.3 Å². The Morgan fingerprint density at radius 2 is 2.29 bits per heavy atom. The van der Waals surface area contributed by atoms with Gasteiger partial charge in [0.05, 0.1) is 18.0 Å². The zero-order valence-corrected chi connectivity index (χ0v) is 9.42. The van der Waals surface area contributed by atoms with Gasteiger partial charge in [-0.25, -0.2) is 0 Å². The Kier molecular flexibility index (Phi) is 4.59. The highest BCUT2D eigenvalue weighted by molar-refractivity contribution is 5.79. The predicted molar refractivity (Wildman–Crippen MR) is 61.5 cm³/mol. The zero-order valence-electron chi connectivity index (χ0n) is 9.42. The first kappa shape index (κ1) is 13.1. The Hall–Kier alpha value is -1.95. The summed E-state index contributed by atoms with van der Waals surface area (Å²) in [5.41, 5.74) is 0.535. The van der Waals surface area contributed by atoms with Gasteiger partial charge < -0.3 is 10.4 Å². The van der Waals surface area contributed by atoms with Crippen LogP contribution in [0.4, 0.5) is 5.69 Å². The molecule has 0 aromatic heterocycles. The number of hydrogen-bond acceptors (Lipinski definition) is 4. The second kappa shape index (κ2) is 5.95. The number of benzene rings is 1. The number of aliphatic hydroxyl groups is 1. The van der Waals surface area contributed by atoms with Gasteiger partial charge in [0.15, 0.2) is 0 Å². The van der Waals surface area contributed by atoms with E-state index >= 15 is 0 Å². The van der Waals surface area contributed by atoms with Gasteiger partial charge in [0.25, 0.3) is 5.69 Å². The number of hydrogen-bond donors (Lipinski definition) is 2. The molecule has 1 amide bonds. The van der Waals surface area contributed by atoms with Crippen molar-refractivity contribution in [1.82, 2.24) is 5.32 Å². The zero-order chi connectivity index (χ0) is 12.8. The summed E-state index contributed by atoms with van der Waals surface area (Å²) >= 11 is 0. The second-order valence-electron chi connectivity index (χ2n) is 3.75. The molecule has 0 aliphatic carbocycles. The van der Waals surface area contributed by atoms with Gasteiger partial charge in [-0.3, -0.25) is 14.9 Å². The van der Waals surface area contributed by atoms with E-state index in [4.69, 9.17) is 5.11 Å². The highest BCUT2D eigenvalue weighted by Gasteiger charge is 2.10. The van der Waals surface area contributed by atoms with Crippen molar-refractivity contribution in [1.29, 1.82) is 0 Å². The van der Waals surface area contributed by atoms with Crippen LogP contribution in [0.3, 0.4) is 0 Å². The quantitative estimate of drug-likeness (QED) is 0.581. The Morgan fingerprint density at radius 1 is 1.59 bits per heavy atom. The number of amides is 1. The van der Waals surface area contributed by atoms with Gasteiger partial charge in [0, 0.05) is 18.2 Å². The van der Waals surface area contributed by atoms with Crippen molar-refractivity contribution in [2.75, 3.05) is 6.61 Å². The number of nitro groups is 1. The molecule has 0 spiro atoms. The Bertz CT molecular complexity index is 420. The molecule has 1 unspecified atom stereocenters. The molecule has 1 aromatic rings. The topological polar surface area (TPSA) is 92.5 Å². The van der Waals surface area contributed by atoms with Crippen LogP contribution in [-0.2, 0) is 11.2 Å². The smallest absolute Gasteiger partial charge is 0.269 e. The molecule has 0 bridgehead atoms. The Morgan fingerprint density at radius 3 is 2.88 bits per heavy atom. The molecule has 0 saturated heterocycles. The highest BCUT2D eigenvalue weighted by Crippen LogP contribution is 2.13. The van der Waals surface area contributed by atoms with Crippen molar-refractivity contribution in [2.45, 2.75) is 19.4 Å². The number of carbonyl (C=O) groups is 1. The first-order valence-electron chi connectivity index (χ1n) is 5.16. The van der Waals surface area contributed by atoms with Crippen LogP contribution >= 0.6 is 0 Å². The number of carbonyl (C=O) groups excluding carboxylic acids is 1. The molecular formula is C11H14N2O4. The van der Waals surface area contributed by atoms with Gasteiger partial charge in [-0.1, -0.05) is 12.1 Å². The molecule has 0 fully saturated rings. The molecule has 0 aliphatic heterocycles. The number of nitro benzene ring substituents is 1. The molecular weight excluding hydrogens is 224 g/mol. The van der Waals surface area contributed by atoms with E-state index in [1.165, 1.54) is 18.2 Å². The fraction of sp³-hybridized carbons (Fsp3) is 0.364. The van der Waals surface area contributed by atoms with Crippen molar-refractivity contribution in [3.8, 4) is 0 Å². The van der Waals surface area contributed by atoms with Gasteiger partial charge in [-0.2, -0.15) is 0 Å². The summed E-state index contributed by atoms with van der Waals surface area (Å²) in [6, 6.07) is 5.61. The lowest BCUT2D eigenvalue weighted by Crippen LogP contribution is -2.35. The fourth-order valence-electron chi connectivity index (χ4n) is 1.34. The largest absolute Gasteiger partial charge is 0.394 e. The maximum Gasteiger partial charge on any atom is 0.269 e. The normalized spacial score (nSPS) is 11.9. The summed E-state index contributed by atoms with van der Waals surface area (Å²) < 4.78 is 0. The SMILES string of the molecule is CC(CO)NC(=O)Cc1cccc([N+](=O)[O-])c1. The van der Waals surface area contributed by atoms with Crippen LogP contribution in [-0.4, -0.2) is 28.6 Å². The van der Waals surface area contributed by atoms with E-state index < -0.39 is 4.92 Å². The van der Waals surface area contributed by atoms with Crippen LogP contribution in [0.25, 0.3) is 0 Å². The van der Waals surface area contributed by atoms with Crippen molar-refractivity contribution >= 4 is 11.6 Å². The molecule has 0 saturated carbocycles. The third-order valence-corrected chi connectivity index (χ3v) is 2.17. The summed E-state index contributed by atoms with van der Waals surface area (Å²) in [7, 11) is 0. The molecule has 0 radical (unpaired) electrons. The molecule has 17 heavy (non-hydrogen) atoms. The molecule has 1 aromatic carbocycles. The number of aliphatic hydroxyl groups excluding tert-OH is 1. The summed E-state index contributed by atoms with van der Waals surface area (Å²) in [6.45, 7) is 1.53. The van der Waals surface area contributed by atoms with Crippen molar-refractivity contribution in [2.24, 2.45) is 0 Å². The van der Waals surface area contributed by atoms with Crippen molar-refractivity contribution in [3.63, 3.8) is 0 Å². The average molecular weight is 238 g/mol. The molecule has 92 valence electrons. The Balaban J connectivity index is 2.65. The van der Waals surface area contributed by atoms with Crippen LogP contribution < -0.4 is 5.32 Å². The third kappa shape index (κ3) is 4.20. The lowest BCUT2D eigenvalue weighted by Gasteiger charge is -2.10. The predicted octanol–water partition coefficient (Wildman–Crippen LogP) is 0.634. The van der Waals surface area contributed by atoms with E-state index in [1.807, 2.05) is 0 Å². The lowest BCUT2D eigenvalue weighted by atomic mass is 10.1. The summed E-state index contributed by atoms with van der Waals surface area (Å²) in [5.74, 6) is -0.271. The van der Waals surface area contributed by atoms with E-state index in [0.717, 1.165) is 0 Å². The standard InChI is InChI=1S/C11H14N2O4/c1-8(7-14)12-11(15)6-9-3-2-4-10(5-9)13(16)17/h2-5,8,14H,6-7H2,1H3,(H,12,15). The average Bonchev–Trinajstić information content (AvgIpc) is 2.28. The van der Waals surface area contributed by atoms with Crippen LogP contribution in [0.5, 0.6) is 0 Å². The first-order valence-corrected chi connectivity index (χ1v) is 5.16. The van der Waals surface area contributed by atoms with E-state index in [-0.39, 0.29) is 30.7 Å². The number of rotatable bonds is 5. The van der Waals surface area contributed by atoms with Crippen molar-refractivity contribution < 1.29 is 14.8 Å². The molecule has 1 rings (SSSR count). The summed E-state index contributed by atoms with van der Waals surface area (Å²) in [6.07, 6.45) is 0.0615. The molecule has 6 nitrogen and oxygen atoms in total. The lowest BCUT2D eigenvalue weighted by molar-refractivity contribution is -0.384. The molecule has 1 atom stereocenters. The first-order chi connectivity index (χ1) is 8.02. The van der Waals surface area contributed by atoms with Gasteiger partial charge in [-0.05, 0) is 12.5 Å². The number of non-ortho nitro benzene ring substituents is 1. The van der Waals surface area contributed by atoms with E-state index in [0.29, 0.717) is 5.56 Å². The van der Waals surface area contributed by atoms with E-state index in [1.54, 1.807) is 13.0 Å².